The van der Waals surface area contributed by atoms with Gasteiger partial charge >= 0.3 is 0 Å². The van der Waals surface area contributed by atoms with Crippen LogP contribution in [0.2, 0.25) is 0 Å². The maximum atomic E-state index is 12.1. The predicted octanol–water partition coefficient (Wildman–Crippen LogP) is 1.23. The van der Waals surface area contributed by atoms with Crippen LogP contribution in [0.15, 0.2) is 29.2 Å². The van der Waals surface area contributed by atoms with Crippen molar-refractivity contribution in [3.8, 4) is 0 Å². The number of benzene rings is 1. The van der Waals surface area contributed by atoms with Crippen molar-refractivity contribution in [1.82, 2.24) is 4.72 Å². The second-order valence-corrected chi connectivity index (χ2v) is 8.16. The Morgan fingerprint density at radius 3 is 2.55 bits per heavy atom. The van der Waals surface area contributed by atoms with Crippen LogP contribution in [0, 0.1) is 5.92 Å². The second-order valence-electron chi connectivity index (χ2n) is 5.08. The van der Waals surface area contributed by atoms with E-state index in [0.717, 1.165) is 0 Å². The lowest BCUT2D eigenvalue weighted by Crippen LogP contribution is -2.25. The summed E-state index contributed by atoms with van der Waals surface area (Å²) in [4.78, 5) is 24.9. The van der Waals surface area contributed by atoms with Crippen molar-refractivity contribution in [2.24, 2.45) is 5.92 Å². The third-order valence-electron chi connectivity index (χ3n) is 3.45. The van der Waals surface area contributed by atoms with Crippen LogP contribution in [0.1, 0.15) is 13.3 Å². The Kier molecular flexibility index (Phi) is 5.25. The molecule has 0 saturated carbocycles. The molecule has 8 heteroatoms. The minimum atomic E-state index is -3.48. The summed E-state index contributed by atoms with van der Waals surface area (Å²) in [5.41, 5.74) is 0.676. The zero-order valence-corrected chi connectivity index (χ0v) is 14.0. The molecular weight excluding hydrogens is 324 g/mol. The first-order chi connectivity index (χ1) is 10.3. The van der Waals surface area contributed by atoms with Gasteiger partial charge in [-0.3, -0.25) is 9.59 Å². The van der Waals surface area contributed by atoms with Gasteiger partial charge in [0, 0.05) is 31.3 Å². The smallest absolute Gasteiger partial charge is 0.240 e. The van der Waals surface area contributed by atoms with Crippen molar-refractivity contribution in [2.75, 3.05) is 24.2 Å². The number of hydrogen-bond acceptors (Lipinski definition) is 5. The van der Waals surface area contributed by atoms with Gasteiger partial charge in [0.25, 0.3) is 0 Å². The number of carbonyl (C=O) groups excluding carboxylic acids is 2. The normalized spacial score (nSPS) is 18.7. The van der Waals surface area contributed by atoms with E-state index >= 15 is 0 Å². The molecule has 1 amide bonds. The standard InChI is InChI=1S/C14H18N2O4S2/c1-10(17)21-9-11-7-14(18)16(8-11)12-3-5-13(6-4-12)22(19,20)15-2/h3-6,11,15H,7-9H2,1-2H3. The molecule has 6 nitrogen and oxygen atoms in total. The van der Waals surface area contributed by atoms with Crippen LogP contribution in [0.4, 0.5) is 5.69 Å². The van der Waals surface area contributed by atoms with Crippen LogP contribution in [0.3, 0.4) is 0 Å². The number of sulfonamides is 1. The summed E-state index contributed by atoms with van der Waals surface area (Å²) in [5, 5.41) is 0.0486. The fourth-order valence-electron chi connectivity index (χ4n) is 2.30. The van der Waals surface area contributed by atoms with Gasteiger partial charge in [-0.2, -0.15) is 0 Å². The van der Waals surface area contributed by atoms with Crippen molar-refractivity contribution >= 4 is 38.5 Å². The number of anilines is 1. The number of amides is 1. The molecule has 0 aromatic heterocycles. The molecule has 1 unspecified atom stereocenters. The summed E-state index contributed by atoms with van der Waals surface area (Å²) in [7, 11) is -2.12. The van der Waals surface area contributed by atoms with Gasteiger partial charge in [-0.25, -0.2) is 13.1 Å². The summed E-state index contributed by atoms with van der Waals surface area (Å²) < 4.78 is 25.6. The first-order valence-electron chi connectivity index (χ1n) is 6.81. The average molecular weight is 342 g/mol. The second kappa shape index (κ2) is 6.80. The van der Waals surface area contributed by atoms with E-state index in [4.69, 9.17) is 0 Å². The number of nitrogens with zero attached hydrogens (tertiary/aromatic N) is 1. The number of nitrogens with one attached hydrogen (secondary N) is 1. The average Bonchev–Trinajstić information content (AvgIpc) is 2.86. The highest BCUT2D eigenvalue weighted by atomic mass is 32.2. The molecule has 0 bridgehead atoms. The van der Waals surface area contributed by atoms with E-state index in [1.54, 1.807) is 17.0 Å². The van der Waals surface area contributed by atoms with Crippen molar-refractivity contribution in [3.05, 3.63) is 24.3 Å². The SMILES string of the molecule is CNS(=O)(=O)c1ccc(N2CC(CSC(C)=O)CC2=O)cc1. The molecule has 0 aliphatic carbocycles. The molecule has 2 rings (SSSR count). The molecule has 0 radical (unpaired) electrons. The summed E-state index contributed by atoms with van der Waals surface area (Å²) in [6.07, 6.45) is 0.414. The molecule has 1 aromatic rings. The van der Waals surface area contributed by atoms with Crippen LogP contribution in [0.5, 0.6) is 0 Å². The summed E-state index contributed by atoms with van der Waals surface area (Å²) in [6, 6.07) is 6.21. The van der Waals surface area contributed by atoms with Crippen LogP contribution in [-0.2, 0) is 19.6 Å². The molecule has 0 spiro atoms. The van der Waals surface area contributed by atoms with Gasteiger partial charge in [-0.05, 0) is 37.2 Å². The largest absolute Gasteiger partial charge is 0.312 e. The Hall–Kier alpha value is -1.38. The lowest BCUT2D eigenvalue weighted by atomic mass is 10.1. The third kappa shape index (κ3) is 3.88. The van der Waals surface area contributed by atoms with E-state index in [9.17, 15) is 18.0 Å². The highest BCUT2D eigenvalue weighted by molar-refractivity contribution is 8.13. The van der Waals surface area contributed by atoms with E-state index < -0.39 is 10.0 Å². The quantitative estimate of drug-likeness (QED) is 0.870. The maximum Gasteiger partial charge on any atom is 0.240 e. The first kappa shape index (κ1) is 17.0. The Morgan fingerprint density at radius 1 is 1.36 bits per heavy atom. The number of hydrogen-bond donors (Lipinski definition) is 1. The van der Waals surface area contributed by atoms with Gasteiger partial charge < -0.3 is 4.90 Å². The highest BCUT2D eigenvalue weighted by Gasteiger charge is 2.30. The van der Waals surface area contributed by atoms with Crippen molar-refractivity contribution in [1.29, 1.82) is 0 Å². The summed E-state index contributed by atoms with van der Waals surface area (Å²) in [5.74, 6) is 0.768. The molecule has 1 N–H and O–H groups in total. The Bertz CT molecular complexity index is 671. The van der Waals surface area contributed by atoms with Gasteiger partial charge in [0.05, 0.1) is 4.90 Å². The maximum absolute atomic E-state index is 12.1. The van der Waals surface area contributed by atoms with Crippen LogP contribution >= 0.6 is 11.8 Å². The Morgan fingerprint density at radius 2 is 2.00 bits per heavy atom. The minimum Gasteiger partial charge on any atom is -0.312 e. The van der Waals surface area contributed by atoms with Crippen molar-refractivity contribution in [3.63, 3.8) is 0 Å². The zero-order valence-electron chi connectivity index (χ0n) is 12.4. The van der Waals surface area contributed by atoms with Gasteiger partial charge in [-0.15, -0.1) is 0 Å². The minimum absolute atomic E-state index is 0.00150. The highest BCUT2D eigenvalue weighted by Crippen LogP contribution is 2.28. The molecule has 1 aliphatic heterocycles. The molecule has 1 atom stereocenters. The predicted molar refractivity (Wildman–Crippen MR) is 86.3 cm³/mol. The number of rotatable bonds is 5. The van der Waals surface area contributed by atoms with E-state index in [1.807, 2.05) is 0 Å². The number of carbonyl (C=O) groups is 2. The molecule has 1 fully saturated rings. The van der Waals surface area contributed by atoms with Gasteiger partial charge in [0.1, 0.15) is 0 Å². The lowest BCUT2D eigenvalue weighted by molar-refractivity contribution is -0.117. The number of thioether (sulfide) groups is 1. The van der Waals surface area contributed by atoms with Gasteiger partial charge in [0.2, 0.25) is 15.9 Å². The molecule has 1 heterocycles. The van der Waals surface area contributed by atoms with E-state index in [-0.39, 0.29) is 21.8 Å². The Labute approximate surface area is 134 Å². The summed E-state index contributed by atoms with van der Waals surface area (Å²) >= 11 is 1.23. The monoisotopic (exact) mass is 342 g/mol. The van der Waals surface area contributed by atoms with Crippen molar-refractivity contribution < 1.29 is 18.0 Å². The Balaban J connectivity index is 2.09. The molecule has 1 aromatic carbocycles. The molecule has 1 aliphatic rings. The molecule has 120 valence electrons. The summed E-state index contributed by atoms with van der Waals surface area (Å²) in [6.45, 7) is 2.07. The van der Waals surface area contributed by atoms with Crippen LogP contribution in [-0.4, -0.2) is 38.8 Å². The van der Waals surface area contributed by atoms with Crippen LogP contribution < -0.4 is 9.62 Å². The lowest BCUT2D eigenvalue weighted by Gasteiger charge is -2.17. The van der Waals surface area contributed by atoms with E-state index in [0.29, 0.717) is 24.4 Å². The van der Waals surface area contributed by atoms with Crippen molar-refractivity contribution in [2.45, 2.75) is 18.2 Å². The van der Waals surface area contributed by atoms with Crippen LogP contribution in [0.25, 0.3) is 0 Å². The first-order valence-corrected chi connectivity index (χ1v) is 9.27. The topological polar surface area (TPSA) is 83.6 Å². The molecule has 22 heavy (non-hydrogen) atoms. The van der Waals surface area contributed by atoms with E-state index in [1.165, 1.54) is 37.9 Å². The zero-order chi connectivity index (χ0) is 16.3. The fraction of sp³-hybridized carbons (Fsp3) is 0.429. The molecular formula is C14H18N2O4S2. The van der Waals surface area contributed by atoms with Gasteiger partial charge in [0.15, 0.2) is 5.12 Å². The van der Waals surface area contributed by atoms with Gasteiger partial charge in [-0.1, -0.05) is 11.8 Å². The third-order valence-corrected chi connectivity index (χ3v) is 5.93. The fourth-order valence-corrected chi connectivity index (χ4v) is 3.72. The van der Waals surface area contributed by atoms with E-state index in [2.05, 4.69) is 4.72 Å². The molecule has 1 saturated heterocycles.